The lowest BCUT2D eigenvalue weighted by atomic mass is 9.85. The lowest BCUT2D eigenvalue weighted by molar-refractivity contribution is 0.0193. The second-order valence-corrected chi connectivity index (χ2v) is 9.33. The number of rotatable bonds is 1. The number of hydrogen-bond acceptors (Lipinski definition) is 4. The van der Waals surface area contributed by atoms with Gasteiger partial charge in [-0.05, 0) is 70.7 Å². The van der Waals surface area contributed by atoms with Crippen LogP contribution in [0.5, 0.6) is 0 Å². The first-order valence-electron chi connectivity index (χ1n) is 9.39. The predicted molar refractivity (Wildman–Crippen MR) is 112 cm³/mol. The van der Waals surface area contributed by atoms with Crippen molar-refractivity contribution in [1.82, 2.24) is 10.2 Å². The number of carbonyl (C=O) groups is 2. The summed E-state index contributed by atoms with van der Waals surface area (Å²) in [6.07, 6.45) is 0.615. The Kier molecular flexibility index (Phi) is 5.20. The van der Waals surface area contributed by atoms with Crippen molar-refractivity contribution in [3.05, 3.63) is 27.7 Å². The van der Waals surface area contributed by atoms with Gasteiger partial charge in [0.25, 0.3) is 0 Å². The van der Waals surface area contributed by atoms with Crippen molar-refractivity contribution in [3.8, 4) is 0 Å². The summed E-state index contributed by atoms with van der Waals surface area (Å²) in [5, 5.41) is 11.1. The maximum Gasteiger partial charge on any atom is 0.410 e. The van der Waals surface area contributed by atoms with Crippen LogP contribution in [0.1, 0.15) is 44.7 Å². The maximum atomic E-state index is 12.7. The summed E-state index contributed by atoms with van der Waals surface area (Å²) in [5.74, 6) is 0.194. The van der Waals surface area contributed by atoms with Crippen LogP contribution in [0, 0.1) is 19.3 Å². The molecule has 0 saturated carbocycles. The van der Waals surface area contributed by atoms with Gasteiger partial charge in [0.1, 0.15) is 17.0 Å². The number of hydrogen-bond donors (Lipinski definition) is 2. The van der Waals surface area contributed by atoms with Crippen LogP contribution < -0.4 is 10.2 Å². The van der Waals surface area contributed by atoms with E-state index < -0.39 is 11.1 Å². The summed E-state index contributed by atoms with van der Waals surface area (Å²) in [7, 11) is 0. The molecule has 8 heteroatoms. The molecule has 0 radical (unpaired) electrons. The van der Waals surface area contributed by atoms with Crippen molar-refractivity contribution in [2.24, 2.45) is 0 Å². The largest absolute Gasteiger partial charge is 0.444 e. The molecular weight excluding hydrogens is 424 g/mol. The zero-order valence-electron chi connectivity index (χ0n) is 17.0. The number of carbonyl (C=O) groups excluding carboxylic acids is 2. The third-order valence-corrected chi connectivity index (χ3v) is 6.50. The number of piperidine rings is 1. The van der Waals surface area contributed by atoms with E-state index in [-0.39, 0.29) is 18.0 Å². The number of benzene rings is 1. The van der Waals surface area contributed by atoms with Crippen molar-refractivity contribution >= 4 is 39.6 Å². The van der Waals surface area contributed by atoms with E-state index in [0.29, 0.717) is 25.9 Å². The maximum absolute atomic E-state index is 12.7. The zero-order valence-corrected chi connectivity index (χ0v) is 18.6. The molecule has 3 rings (SSSR count). The van der Waals surface area contributed by atoms with Gasteiger partial charge in [-0.25, -0.2) is 9.59 Å². The molecule has 0 aliphatic carbocycles. The fourth-order valence-electron chi connectivity index (χ4n) is 3.86. The van der Waals surface area contributed by atoms with Gasteiger partial charge in [0.05, 0.1) is 0 Å². The molecule has 0 unspecified atom stereocenters. The van der Waals surface area contributed by atoms with Gasteiger partial charge in [0.15, 0.2) is 0 Å². The Bertz CT molecular complexity index is 815. The van der Waals surface area contributed by atoms with Crippen molar-refractivity contribution in [3.63, 3.8) is 0 Å². The van der Waals surface area contributed by atoms with Gasteiger partial charge in [-0.1, -0.05) is 15.9 Å². The van der Waals surface area contributed by atoms with E-state index in [4.69, 9.17) is 10.1 Å². The minimum atomic E-state index is -0.762. The summed E-state index contributed by atoms with van der Waals surface area (Å²) in [5.41, 5.74) is 1.51. The third kappa shape index (κ3) is 3.62. The predicted octanol–water partition coefficient (Wildman–Crippen LogP) is 4.34. The average molecular weight is 451 g/mol. The van der Waals surface area contributed by atoms with E-state index >= 15 is 0 Å². The molecule has 0 aromatic heterocycles. The van der Waals surface area contributed by atoms with E-state index in [2.05, 4.69) is 21.2 Å². The van der Waals surface area contributed by atoms with Crippen LogP contribution in [0.2, 0.25) is 0 Å². The van der Waals surface area contributed by atoms with Crippen molar-refractivity contribution < 1.29 is 14.3 Å². The highest BCUT2D eigenvalue weighted by molar-refractivity contribution is 9.10. The lowest BCUT2D eigenvalue weighted by Crippen LogP contribution is -2.57. The highest BCUT2D eigenvalue weighted by Crippen LogP contribution is 2.39. The first-order chi connectivity index (χ1) is 12.9. The topological polar surface area (TPSA) is 85.7 Å². The average Bonchev–Trinajstić information content (AvgIpc) is 2.81. The van der Waals surface area contributed by atoms with Gasteiger partial charge in [-0.3, -0.25) is 15.6 Å². The molecule has 7 nitrogen and oxygen atoms in total. The first-order valence-corrected chi connectivity index (χ1v) is 10.2. The van der Waals surface area contributed by atoms with E-state index in [1.165, 1.54) is 0 Å². The van der Waals surface area contributed by atoms with Gasteiger partial charge in [-0.2, -0.15) is 0 Å². The standard InChI is InChI=1S/C20H27BrN4O3/c1-12-10-14(11-13(2)15(12)21)25-17(26)23-16(22)20(25)6-8-24(9-7-20)18(27)28-19(3,4)5/h10-11H,6-9H2,1-5H3,(H2,22,23,26). The lowest BCUT2D eigenvalue weighted by Gasteiger charge is -2.43. The molecular formula is C20H27BrN4O3. The van der Waals surface area contributed by atoms with Crippen LogP contribution in [-0.4, -0.2) is 47.1 Å². The van der Waals surface area contributed by atoms with Crippen LogP contribution in [0.25, 0.3) is 0 Å². The number of ether oxygens (including phenoxy) is 1. The quantitative estimate of drug-likeness (QED) is 0.666. The Hall–Kier alpha value is -2.09. The number of halogens is 1. The third-order valence-electron chi connectivity index (χ3n) is 5.25. The molecule has 0 bridgehead atoms. The highest BCUT2D eigenvalue weighted by Gasteiger charge is 2.53. The van der Waals surface area contributed by atoms with Crippen LogP contribution >= 0.6 is 15.9 Å². The molecule has 2 aliphatic heterocycles. The molecule has 2 heterocycles. The fourth-order valence-corrected chi connectivity index (χ4v) is 4.09. The van der Waals surface area contributed by atoms with E-state index in [9.17, 15) is 9.59 Å². The van der Waals surface area contributed by atoms with E-state index in [0.717, 1.165) is 21.3 Å². The molecule has 2 saturated heterocycles. The number of urea groups is 1. The van der Waals surface area contributed by atoms with Gasteiger partial charge >= 0.3 is 12.1 Å². The van der Waals surface area contributed by atoms with Crippen molar-refractivity contribution in [2.45, 2.75) is 58.6 Å². The molecule has 152 valence electrons. The van der Waals surface area contributed by atoms with E-state index in [1.54, 1.807) is 9.80 Å². The summed E-state index contributed by atoms with van der Waals surface area (Å²) >= 11 is 3.56. The Balaban J connectivity index is 1.87. The normalized spacial score (nSPS) is 19.2. The number of anilines is 1. The molecule has 0 atom stereocenters. The Morgan fingerprint density at radius 3 is 2.25 bits per heavy atom. The molecule has 1 aromatic rings. The summed E-state index contributed by atoms with van der Waals surface area (Å²) < 4.78 is 6.48. The molecule has 3 amide bonds. The highest BCUT2D eigenvalue weighted by atomic mass is 79.9. The first kappa shape index (κ1) is 20.6. The Labute approximate surface area is 174 Å². The van der Waals surface area contributed by atoms with Gasteiger partial charge in [0.2, 0.25) is 0 Å². The second-order valence-electron chi connectivity index (χ2n) is 8.53. The molecule has 1 spiro atoms. The Morgan fingerprint density at radius 1 is 1.21 bits per heavy atom. The number of likely N-dealkylation sites (tertiary alicyclic amines) is 1. The molecule has 2 fully saturated rings. The number of amidine groups is 1. The van der Waals surface area contributed by atoms with Gasteiger partial charge in [0, 0.05) is 23.2 Å². The molecule has 2 N–H and O–H groups in total. The van der Waals surface area contributed by atoms with Crippen molar-refractivity contribution in [2.75, 3.05) is 18.0 Å². The zero-order chi connectivity index (χ0) is 20.9. The van der Waals surface area contributed by atoms with E-state index in [1.807, 2.05) is 46.8 Å². The van der Waals surface area contributed by atoms with Crippen LogP contribution in [0.15, 0.2) is 16.6 Å². The smallest absolute Gasteiger partial charge is 0.410 e. The monoisotopic (exact) mass is 450 g/mol. The fraction of sp³-hybridized carbons (Fsp3) is 0.550. The summed E-state index contributed by atoms with van der Waals surface area (Å²) in [6, 6.07) is 3.62. The van der Waals surface area contributed by atoms with Crippen LogP contribution in [0.3, 0.4) is 0 Å². The molecule has 28 heavy (non-hydrogen) atoms. The van der Waals surface area contributed by atoms with Gasteiger partial charge in [-0.15, -0.1) is 0 Å². The summed E-state index contributed by atoms with van der Waals surface area (Å²) in [6.45, 7) is 10.3. The Morgan fingerprint density at radius 2 is 1.75 bits per heavy atom. The number of nitrogens with zero attached hydrogens (tertiary/aromatic N) is 2. The van der Waals surface area contributed by atoms with Crippen molar-refractivity contribution in [1.29, 1.82) is 5.41 Å². The molecule has 2 aliphatic rings. The minimum absolute atomic E-state index is 0.194. The minimum Gasteiger partial charge on any atom is -0.444 e. The summed E-state index contributed by atoms with van der Waals surface area (Å²) in [4.78, 5) is 28.5. The number of aryl methyl sites for hydroxylation is 2. The SMILES string of the molecule is Cc1cc(N2C(=O)NC(=N)C23CCN(C(=O)OC(C)(C)C)CC3)cc(C)c1Br. The number of nitrogens with one attached hydrogen (secondary N) is 2. The number of amides is 3. The molecule has 1 aromatic carbocycles. The van der Waals surface area contributed by atoms with Crippen LogP contribution in [-0.2, 0) is 4.74 Å². The van der Waals surface area contributed by atoms with Gasteiger partial charge < -0.3 is 9.64 Å². The van der Waals surface area contributed by atoms with Crippen LogP contribution in [0.4, 0.5) is 15.3 Å². The second kappa shape index (κ2) is 7.06.